The van der Waals surface area contributed by atoms with E-state index in [1.54, 1.807) is 23.7 Å². The number of anilines is 1. The maximum absolute atomic E-state index is 13.5. The van der Waals surface area contributed by atoms with Gasteiger partial charge in [0.1, 0.15) is 5.82 Å². The van der Waals surface area contributed by atoms with E-state index >= 15 is 0 Å². The van der Waals surface area contributed by atoms with Gasteiger partial charge in [0.05, 0.1) is 6.33 Å². The number of nitrogens with zero attached hydrogens (tertiary/aromatic N) is 4. The van der Waals surface area contributed by atoms with Gasteiger partial charge >= 0.3 is 0 Å². The first kappa shape index (κ1) is 18.6. The lowest BCUT2D eigenvalue weighted by Crippen LogP contribution is -2.32. The van der Waals surface area contributed by atoms with Gasteiger partial charge in [-0.3, -0.25) is 0 Å². The fourth-order valence-corrected chi connectivity index (χ4v) is 4.94. The fourth-order valence-electron chi connectivity index (χ4n) is 3.48. The lowest BCUT2D eigenvalue weighted by Gasteiger charge is -2.20. The van der Waals surface area contributed by atoms with Crippen LogP contribution in [0.5, 0.6) is 0 Å². The molecule has 2 unspecified atom stereocenters. The Kier molecular flexibility index (Phi) is 4.86. The zero-order valence-electron chi connectivity index (χ0n) is 15.2. The molecular weight excluding hydrogens is 381 g/mol. The van der Waals surface area contributed by atoms with Crippen molar-refractivity contribution in [3.8, 4) is 0 Å². The van der Waals surface area contributed by atoms with E-state index in [1.165, 1.54) is 22.9 Å². The average Bonchev–Trinajstić information content (AvgIpc) is 3.30. The molecule has 0 radical (unpaired) electrons. The second-order valence-corrected chi connectivity index (χ2v) is 8.70. The van der Waals surface area contributed by atoms with Gasteiger partial charge in [-0.2, -0.15) is 8.70 Å². The highest BCUT2D eigenvalue weighted by molar-refractivity contribution is 7.89. The Morgan fingerprint density at radius 3 is 2.57 bits per heavy atom. The van der Waals surface area contributed by atoms with Gasteiger partial charge in [-0.15, -0.1) is 0 Å². The molecule has 0 aliphatic carbocycles. The molecule has 9 heteroatoms. The highest BCUT2D eigenvalue weighted by Gasteiger charge is 2.41. The molecule has 28 heavy (non-hydrogen) atoms. The van der Waals surface area contributed by atoms with E-state index in [9.17, 15) is 12.8 Å². The number of nitrogens with one attached hydrogen (secondary N) is 1. The Hall–Kier alpha value is -2.78. The van der Waals surface area contributed by atoms with Crippen molar-refractivity contribution in [1.29, 1.82) is 0 Å². The van der Waals surface area contributed by atoms with Crippen LogP contribution in [0.3, 0.4) is 0 Å². The number of imidazole rings is 1. The summed E-state index contributed by atoms with van der Waals surface area (Å²) >= 11 is 0. The summed E-state index contributed by atoms with van der Waals surface area (Å²) in [6.07, 6.45) is 2.95. The smallest absolute Gasteiger partial charge is 0.262 e. The third-order valence-corrected chi connectivity index (χ3v) is 6.57. The molecule has 1 aliphatic heterocycles. The SMILES string of the molecule is Cn1cnc(S(=O)(=O)N2CC(Nc3cccc(F)n3)C(c3ccccc3)C2)c1. The molecule has 0 amide bonds. The molecule has 0 saturated carbocycles. The van der Waals surface area contributed by atoms with E-state index in [2.05, 4.69) is 15.3 Å². The number of rotatable bonds is 5. The van der Waals surface area contributed by atoms with E-state index in [1.807, 2.05) is 30.3 Å². The van der Waals surface area contributed by atoms with Gasteiger partial charge in [0, 0.05) is 38.3 Å². The third-order valence-electron chi connectivity index (χ3n) is 4.85. The van der Waals surface area contributed by atoms with Crippen LogP contribution in [0.15, 0.2) is 66.1 Å². The first-order valence-electron chi connectivity index (χ1n) is 8.85. The molecule has 4 rings (SSSR count). The molecule has 146 valence electrons. The molecule has 1 aromatic carbocycles. The van der Waals surface area contributed by atoms with Crippen LogP contribution in [0.25, 0.3) is 0 Å². The standard InChI is InChI=1S/C19H20FN5O2S/c1-24-12-19(21-13-24)28(26,27)25-10-15(14-6-3-2-4-7-14)16(11-25)22-18-9-5-8-17(20)23-18/h2-9,12-13,15-16H,10-11H2,1H3,(H,22,23). The van der Waals surface area contributed by atoms with Crippen molar-refractivity contribution in [1.82, 2.24) is 18.8 Å². The van der Waals surface area contributed by atoms with E-state index in [4.69, 9.17) is 0 Å². The largest absolute Gasteiger partial charge is 0.365 e. The van der Waals surface area contributed by atoms with Crippen LogP contribution >= 0.6 is 0 Å². The Bertz CT molecular complexity index is 1070. The molecule has 1 N–H and O–H groups in total. The van der Waals surface area contributed by atoms with Crippen molar-refractivity contribution in [2.24, 2.45) is 7.05 Å². The molecule has 2 atom stereocenters. The van der Waals surface area contributed by atoms with Crippen LogP contribution in [0, 0.1) is 5.95 Å². The quantitative estimate of drug-likeness (QED) is 0.663. The Labute approximate surface area is 162 Å². The van der Waals surface area contributed by atoms with E-state index < -0.39 is 16.0 Å². The molecule has 3 heterocycles. The summed E-state index contributed by atoms with van der Waals surface area (Å²) in [6.45, 7) is 0.534. The minimum Gasteiger partial charge on any atom is -0.365 e. The second-order valence-electron chi connectivity index (χ2n) is 6.81. The molecule has 0 spiro atoms. The average molecular weight is 401 g/mol. The minimum atomic E-state index is -3.73. The summed E-state index contributed by atoms with van der Waals surface area (Å²) in [5.74, 6) is -0.315. The number of sulfonamides is 1. The van der Waals surface area contributed by atoms with Crippen molar-refractivity contribution in [2.75, 3.05) is 18.4 Å². The van der Waals surface area contributed by atoms with Crippen molar-refractivity contribution < 1.29 is 12.8 Å². The van der Waals surface area contributed by atoms with E-state index in [0.29, 0.717) is 12.4 Å². The van der Waals surface area contributed by atoms with E-state index in [-0.39, 0.29) is 23.5 Å². The fraction of sp³-hybridized carbons (Fsp3) is 0.263. The van der Waals surface area contributed by atoms with Crippen LogP contribution in [0.1, 0.15) is 11.5 Å². The predicted octanol–water partition coefficient (Wildman–Crippen LogP) is 2.22. The van der Waals surface area contributed by atoms with Gasteiger partial charge < -0.3 is 9.88 Å². The lowest BCUT2D eigenvalue weighted by atomic mass is 9.94. The van der Waals surface area contributed by atoms with Crippen LogP contribution in [-0.2, 0) is 17.1 Å². The molecule has 7 nitrogen and oxygen atoms in total. The van der Waals surface area contributed by atoms with Gasteiger partial charge in [0.2, 0.25) is 5.95 Å². The number of aryl methyl sites for hydroxylation is 1. The van der Waals surface area contributed by atoms with Gasteiger partial charge in [0.15, 0.2) is 5.03 Å². The summed E-state index contributed by atoms with van der Waals surface area (Å²) in [5.41, 5.74) is 1.01. The Balaban J connectivity index is 1.65. The van der Waals surface area contributed by atoms with Crippen molar-refractivity contribution in [3.05, 3.63) is 72.6 Å². The van der Waals surface area contributed by atoms with Gasteiger partial charge in [0.25, 0.3) is 10.0 Å². The summed E-state index contributed by atoms with van der Waals surface area (Å²) in [6, 6.07) is 13.9. The van der Waals surface area contributed by atoms with Crippen molar-refractivity contribution in [2.45, 2.75) is 17.0 Å². The number of hydrogen-bond acceptors (Lipinski definition) is 5. The zero-order valence-corrected chi connectivity index (χ0v) is 16.1. The monoisotopic (exact) mass is 401 g/mol. The van der Waals surface area contributed by atoms with Crippen LogP contribution in [0.2, 0.25) is 0 Å². The van der Waals surface area contributed by atoms with Gasteiger partial charge in [-0.05, 0) is 17.7 Å². The van der Waals surface area contributed by atoms with Gasteiger partial charge in [-0.25, -0.2) is 18.4 Å². The van der Waals surface area contributed by atoms with Crippen molar-refractivity contribution >= 4 is 15.8 Å². The minimum absolute atomic E-state index is 0.0198. The van der Waals surface area contributed by atoms with Crippen LogP contribution in [0.4, 0.5) is 10.2 Å². The Morgan fingerprint density at radius 1 is 1.11 bits per heavy atom. The number of hydrogen-bond donors (Lipinski definition) is 1. The molecule has 1 fully saturated rings. The first-order chi connectivity index (χ1) is 13.4. The van der Waals surface area contributed by atoms with Gasteiger partial charge in [-0.1, -0.05) is 36.4 Å². The number of halogens is 1. The third kappa shape index (κ3) is 3.63. The molecule has 1 aliphatic rings. The molecular formula is C19H20FN5O2S. The van der Waals surface area contributed by atoms with Crippen LogP contribution < -0.4 is 5.32 Å². The zero-order chi connectivity index (χ0) is 19.7. The number of pyridine rings is 1. The molecule has 0 bridgehead atoms. The number of aromatic nitrogens is 3. The maximum Gasteiger partial charge on any atom is 0.262 e. The summed E-state index contributed by atoms with van der Waals surface area (Å²) in [5, 5.41) is 3.23. The second kappa shape index (κ2) is 7.33. The molecule has 2 aromatic heterocycles. The van der Waals surface area contributed by atoms with Crippen LogP contribution in [-0.4, -0.2) is 46.4 Å². The highest BCUT2D eigenvalue weighted by atomic mass is 32.2. The Morgan fingerprint density at radius 2 is 1.89 bits per heavy atom. The molecule has 3 aromatic rings. The van der Waals surface area contributed by atoms with Crippen molar-refractivity contribution in [3.63, 3.8) is 0 Å². The molecule has 1 saturated heterocycles. The predicted molar refractivity (Wildman–Crippen MR) is 103 cm³/mol. The van der Waals surface area contributed by atoms with E-state index in [0.717, 1.165) is 5.56 Å². The highest BCUT2D eigenvalue weighted by Crippen LogP contribution is 2.32. The normalized spacial score (nSPS) is 20.4. The topological polar surface area (TPSA) is 80.1 Å². The summed E-state index contributed by atoms with van der Waals surface area (Å²) in [4.78, 5) is 7.85. The first-order valence-corrected chi connectivity index (χ1v) is 10.3. The lowest BCUT2D eigenvalue weighted by molar-refractivity contribution is 0.468. The summed E-state index contributed by atoms with van der Waals surface area (Å²) < 4.78 is 42.6. The number of benzene rings is 1. The maximum atomic E-state index is 13.5. The summed E-state index contributed by atoms with van der Waals surface area (Å²) in [7, 11) is -2.00.